The van der Waals surface area contributed by atoms with E-state index in [9.17, 15) is 4.79 Å². The Labute approximate surface area is 95.2 Å². The molecule has 0 aliphatic rings. The van der Waals surface area contributed by atoms with Crippen molar-refractivity contribution in [3.8, 4) is 0 Å². The highest BCUT2D eigenvalue weighted by Crippen LogP contribution is 2.20. The largest absolute Gasteiger partial charge is 0.369 e. The fourth-order valence-electron chi connectivity index (χ4n) is 1.90. The van der Waals surface area contributed by atoms with Crippen LogP contribution in [-0.4, -0.2) is 40.2 Å². The third-order valence-corrected chi connectivity index (χ3v) is 2.44. The van der Waals surface area contributed by atoms with Gasteiger partial charge in [0, 0.05) is 24.8 Å². The summed E-state index contributed by atoms with van der Waals surface area (Å²) >= 11 is 0. The number of amides is 1. The summed E-state index contributed by atoms with van der Waals surface area (Å²) in [6, 6.07) is -0.158. The van der Waals surface area contributed by atoms with Crippen LogP contribution in [0, 0.1) is 0 Å². The molecule has 2 unspecified atom stereocenters. The van der Waals surface area contributed by atoms with Gasteiger partial charge in [-0.15, -0.1) is 0 Å². The Balaban J connectivity index is 2.86. The number of nitrogens with two attached hydrogens (primary N) is 2. The van der Waals surface area contributed by atoms with Gasteiger partial charge in [-0.2, -0.15) is 5.10 Å². The van der Waals surface area contributed by atoms with E-state index in [1.165, 1.54) is 0 Å². The van der Waals surface area contributed by atoms with Crippen molar-refractivity contribution in [1.82, 2.24) is 14.7 Å². The lowest BCUT2D eigenvalue weighted by atomic mass is 10.0. The second-order valence-corrected chi connectivity index (χ2v) is 4.13. The maximum atomic E-state index is 10.9. The van der Waals surface area contributed by atoms with Crippen molar-refractivity contribution in [2.45, 2.75) is 19.0 Å². The van der Waals surface area contributed by atoms with Gasteiger partial charge in [-0.3, -0.25) is 14.4 Å². The number of rotatable bonds is 5. The number of primary amides is 1. The third kappa shape index (κ3) is 3.04. The highest BCUT2D eigenvalue weighted by molar-refractivity contribution is 5.75. The summed E-state index contributed by atoms with van der Waals surface area (Å²) in [7, 11) is 3.67. The molecule has 0 aliphatic carbocycles. The zero-order chi connectivity index (χ0) is 12.3. The average molecular weight is 225 g/mol. The van der Waals surface area contributed by atoms with E-state index in [4.69, 9.17) is 11.5 Å². The van der Waals surface area contributed by atoms with Crippen LogP contribution in [0.2, 0.25) is 0 Å². The van der Waals surface area contributed by atoms with E-state index in [-0.39, 0.29) is 24.5 Å². The molecule has 4 N–H and O–H groups in total. The van der Waals surface area contributed by atoms with Crippen LogP contribution in [0.1, 0.15) is 18.5 Å². The minimum Gasteiger partial charge on any atom is -0.369 e. The van der Waals surface area contributed by atoms with Gasteiger partial charge in [0.1, 0.15) is 0 Å². The van der Waals surface area contributed by atoms with Crippen LogP contribution >= 0.6 is 0 Å². The third-order valence-electron chi connectivity index (χ3n) is 2.44. The number of hydrogen-bond acceptors (Lipinski definition) is 4. The van der Waals surface area contributed by atoms with Crippen LogP contribution in [-0.2, 0) is 11.8 Å². The lowest BCUT2D eigenvalue weighted by Gasteiger charge is -2.29. The number of aromatic nitrogens is 2. The summed E-state index contributed by atoms with van der Waals surface area (Å²) in [5, 5.41) is 4.10. The lowest BCUT2D eigenvalue weighted by molar-refractivity contribution is -0.119. The number of hydrogen-bond donors (Lipinski definition) is 2. The molecule has 0 aliphatic heterocycles. The maximum Gasteiger partial charge on any atom is 0.231 e. The van der Waals surface area contributed by atoms with E-state index in [0.717, 1.165) is 5.56 Å². The van der Waals surface area contributed by atoms with Crippen molar-refractivity contribution in [3.63, 3.8) is 0 Å². The Morgan fingerprint density at radius 3 is 2.69 bits per heavy atom. The monoisotopic (exact) mass is 225 g/mol. The van der Waals surface area contributed by atoms with E-state index < -0.39 is 0 Å². The fraction of sp³-hybridized carbons (Fsp3) is 0.600. The van der Waals surface area contributed by atoms with Crippen molar-refractivity contribution in [2.24, 2.45) is 18.5 Å². The number of nitrogens with zero attached hydrogens (tertiary/aromatic N) is 3. The predicted molar refractivity (Wildman–Crippen MR) is 61.4 cm³/mol. The number of carbonyl (C=O) groups is 1. The minimum atomic E-state index is -0.364. The molecule has 1 aromatic heterocycles. The first-order valence-electron chi connectivity index (χ1n) is 5.14. The Bertz CT molecular complexity index is 360. The van der Waals surface area contributed by atoms with Crippen LogP contribution in [0.4, 0.5) is 0 Å². The maximum absolute atomic E-state index is 10.9. The second-order valence-electron chi connectivity index (χ2n) is 4.13. The van der Waals surface area contributed by atoms with Gasteiger partial charge in [0.2, 0.25) is 5.91 Å². The van der Waals surface area contributed by atoms with Crippen LogP contribution in [0.25, 0.3) is 0 Å². The smallest absolute Gasteiger partial charge is 0.231 e. The molecule has 0 bridgehead atoms. The molecule has 1 amide bonds. The van der Waals surface area contributed by atoms with Gasteiger partial charge in [0.05, 0.1) is 18.8 Å². The zero-order valence-corrected chi connectivity index (χ0v) is 9.92. The normalized spacial score (nSPS) is 15.1. The van der Waals surface area contributed by atoms with Gasteiger partial charge >= 0.3 is 0 Å². The van der Waals surface area contributed by atoms with E-state index in [1.807, 2.05) is 32.1 Å². The summed E-state index contributed by atoms with van der Waals surface area (Å²) in [6.45, 7) is 2.08. The zero-order valence-electron chi connectivity index (χ0n) is 9.92. The molecule has 1 heterocycles. The van der Waals surface area contributed by atoms with Gasteiger partial charge in [-0.25, -0.2) is 0 Å². The topological polar surface area (TPSA) is 90.2 Å². The van der Waals surface area contributed by atoms with Gasteiger partial charge in [0.25, 0.3) is 0 Å². The Hall–Kier alpha value is -1.40. The summed E-state index contributed by atoms with van der Waals surface area (Å²) in [5.41, 5.74) is 12.1. The summed E-state index contributed by atoms with van der Waals surface area (Å²) in [5.74, 6) is -0.364. The molecule has 0 aromatic carbocycles. The first-order chi connectivity index (χ1) is 7.41. The molecule has 1 rings (SSSR count). The van der Waals surface area contributed by atoms with Crippen molar-refractivity contribution >= 4 is 5.91 Å². The van der Waals surface area contributed by atoms with Crippen LogP contribution in [0.15, 0.2) is 12.4 Å². The number of likely N-dealkylation sites (N-methyl/N-ethyl adjacent to an activating group) is 1. The van der Waals surface area contributed by atoms with Gasteiger partial charge in [-0.05, 0) is 14.0 Å². The first kappa shape index (κ1) is 12.7. The Morgan fingerprint density at radius 1 is 1.69 bits per heavy atom. The van der Waals surface area contributed by atoms with Gasteiger partial charge < -0.3 is 11.5 Å². The van der Waals surface area contributed by atoms with Crippen LogP contribution in [0.3, 0.4) is 0 Å². The molecule has 1 aromatic rings. The van der Waals surface area contributed by atoms with Gasteiger partial charge in [-0.1, -0.05) is 0 Å². The number of aryl methyl sites for hydroxylation is 1. The minimum absolute atomic E-state index is 0.0544. The van der Waals surface area contributed by atoms with Crippen molar-refractivity contribution in [3.05, 3.63) is 18.0 Å². The summed E-state index contributed by atoms with van der Waals surface area (Å²) < 4.78 is 1.71. The molecule has 6 heteroatoms. The molecule has 0 spiro atoms. The van der Waals surface area contributed by atoms with Crippen LogP contribution in [0.5, 0.6) is 0 Å². The quantitative estimate of drug-likeness (QED) is 0.688. The highest BCUT2D eigenvalue weighted by atomic mass is 16.1. The fourth-order valence-corrected chi connectivity index (χ4v) is 1.90. The predicted octanol–water partition coefficient (Wildman–Crippen LogP) is -0.774. The Morgan fingerprint density at radius 2 is 2.31 bits per heavy atom. The Kier molecular flexibility index (Phi) is 4.03. The molecule has 16 heavy (non-hydrogen) atoms. The molecule has 6 nitrogen and oxygen atoms in total. The summed E-state index contributed by atoms with van der Waals surface area (Å²) in [4.78, 5) is 12.7. The number of carbonyl (C=O) groups excluding carboxylic acids is 1. The first-order valence-corrected chi connectivity index (χ1v) is 5.14. The van der Waals surface area contributed by atoms with Crippen molar-refractivity contribution in [1.29, 1.82) is 0 Å². The molecule has 0 saturated heterocycles. The SMILES string of the molecule is CC(N)C(c1cnn(C)c1)N(C)CC(N)=O. The molecule has 0 radical (unpaired) electrons. The second kappa shape index (κ2) is 5.09. The highest BCUT2D eigenvalue weighted by Gasteiger charge is 2.23. The molecular formula is C10H19N5O. The molecule has 0 fully saturated rings. The summed E-state index contributed by atoms with van der Waals surface area (Å²) in [6.07, 6.45) is 3.65. The average Bonchev–Trinajstić information content (AvgIpc) is 2.49. The van der Waals surface area contributed by atoms with E-state index >= 15 is 0 Å². The van der Waals surface area contributed by atoms with E-state index in [0.29, 0.717) is 0 Å². The molecule has 0 saturated carbocycles. The van der Waals surface area contributed by atoms with E-state index in [2.05, 4.69) is 5.10 Å². The van der Waals surface area contributed by atoms with Crippen molar-refractivity contribution in [2.75, 3.05) is 13.6 Å². The lowest BCUT2D eigenvalue weighted by Crippen LogP contribution is -2.41. The van der Waals surface area contributed by atoms with Crippen LogP contribution < -0.4 is 11.5 Å². The molecule has 2 atom stereocenters. The van der Waals surface area contributed by atoms with E-state index in [1.54, 1.807) is 10.9 Å². The standard InChI is InChI=1S/C10H19N5O/c1-7(11)10(14(2)6-9(12)16)8-4-13-15(3)5-8/h4-5,7,10H,6,11H2,1-3H3,(H2,12,16). The van der Waals surface area contributed by atoms with Crippen molar-refractivity contribution < 1.29 is 4.79 Å². The molecular weight excluding hydrogens is 206 g/mol. The molecule has 90 valence electrons. The van der Waals surface area contributed by atoms with Gasteiger partial charge in [0.15, 0.2) is 0 Å².